The number of piperazine rings is 1. The molecule has 0 bridgehead atoms. The Morgan fingerprint density at radius 2 is 1.68 bits per heavy atom. The van der Waals surface area contributed by atoms with E-state index in [0.29, 0.717) is 18.9 Å². The van der Waals surface area contributed by atoms with Crippen LogP contribution in [0.1, 0.15) is 79.7 Å². The zero-order valence-electron chi connectivity index (χ0n) is 25.3. The molecule has 0 N–H and O–H groups in total. The number of amides is 3. The highest BCUT2D eigenvalue weighted by molar-refractivity contribution is 5.92. The fraction of sp³-hybridized carbons (Fsp3) is 0.710. The zero-order chi connectivity index (χ0) is 29.2. The van der Waals surface area contributed by atoms with Crippen LogP contribution in [0.25, 0.3) is 0 Å². The van der Waals surface area contributed by atoms with Crippen LogP contribution in [0.15, 0.2) is 30.3 Å². The molecule has 9 nitrogen and oxygen atoms in total. The first-order chi connectivity index (χ1) is 18.9. The number of hydrogen-bond acceptors (Lipinski definition) is 6. The highest BCUT2D eigenvalue weighted by Crippen LogP contribution is 2.36. The smallest absolute Gasteiger partial charge is 0.436 e. The number of piperidine rings is 1. The Kier molecular flexibility index (Phi) is 9.45. The first-order valence-electron chi connectivity index (χ1n) is 14.9. The molecule has 0 saturated carbocycles. The van der Waals surface area contributed by atoms with Crippen LogP contribution in [-0.4, -0.2) is 87.7 Å². The second kappa shape index (κ2) is 12.5. The Hall–Kier alpha value is -2.65. The van der Waals surface area contributed by atoms with Gasteiger partial charge in [0.15, 0.2) is 12.3 Å². The zero-order valence-corrected chi connectivity index (χ0v) is 25.3. The number of rotatable bonds is 7. The van der Waals surface area contributed by atoms with Crippen molar-refractivity contribution in [1.82, 2.24) is 19.8 Å². The van der Waals surface area contributed by atoms with E-state index in [1.807, 2.05) is 49.1 Å². The molecule has 4 rings (SSSR count). The van der Waals surface area contributed by atoms with Crippen molar-refractivity contribution in [3.05, 3.63) is 35.9 Å². The van der Waals surface area contributed by atoms with Gasteiger partial charge in [0, 0.05) is 25.2 Å². The number of likely N-dealkylation sites (tertiary alicyclic amines) is 1. The van der Waals surface area contributed by atoms with E-state index in [1.54, 1.807) is 4.90 Å². The van der Waals surface area contributed by atoms with Gasteiger partial charge in [-0.05, 0) is 56.4 Å². The van der Waals surface area contributed by atoms with Crippen LogP contribution in [0.2, 0.25) is 0 Å². The topological polar surface area (TPSA) is 82.6 Å². The van der Waals surface area contributed by atoms with E-state index in [4.69, 9.17) is 9.57 Å². The Morgan fingerprint density at radius 1 is 1.02 bits per heavy atom. The number of carbonyl (C=O) groups is 3. The normalized spacial score (nSPS) is 25.1. The second-order valence-corrected chi connectivity index (χ2v) is 13.4. The van der Waals surface area contributed by atoms with Crippen LogP contribution in [0.3, 0.4) is 0 Å². The Bertz CT molecular complexity index is 1030. The summed E-state index contributed by atoms with van der Waals surface area (Å²) in [5, 5.41) is 1.25. The van der Waals surface area contributed by atoms with Crippen LogP contribution in [0.5, 0.6) is 0 Å². The van der Waals surface area contributed by atoms with E-state index in [9.17, 15) is 14.4 Å². The van der Waals surface area contributed by atoms with Crippen molar-refractivity contribution in [1.29, 1.82) is 0 Å². The van der Waals surface area contributed by atoms with Crippen molar-refractivity contribution in [3.8, 4) is 0 Å². The van der Waals surface area contributed by atoms with Crippen LogP contribution in [0.4, 0.5) is 4.79 Å². The molecule has 9 heteroatoms. The van der Waals surface area contributed by atoms with Gasteiger partial charge < -0.3 is 19.4 Å². The van der Waals surface area contributed by atoms with Gasteiger partial charge in [-0.2, -0.15) is 5.06 Å². The van der Waals surface area contributed by atoms with Crippen LogP contribution in [0, 0.1) is 11.3 Å². The molecular weight excluding hydrogens is 508 g/mol. The van der Waals surface area contributed by atoms with Crippen LogP contribution >= 0.6 is 0 Å². The minimum absolute atomic E-state index is 0.0229. The lowest BCUT2D eigenvalue weighted by molar-refractivity contribution is -0.271. The maximum atomic E-state index is 14.2. The maximum Gasteiger partial charge on any atom is 0.436 e. The second-order valence-electron chi connectivity index (χ2n) is 13.4. The van der Waals surface area contributed by atoms with Gasteiger partial charge in [-0.1, -0.05) is 65.0 Å². The number of ether oxygens (including phenoxy) is 1. The van der Waals surface area contributed by atoms with Crippen molar-refractivity contribution < 1.29 is 24.0 Å². The molecule has 1 aromatic rings. The molecule has 3 amide bonds. The largest absolute Gasteiger partial charge is 0.443 e. The molecule has 0 unspecified atom stereocenters. The average molecular weight is 557 g/mol. The van der Waals surface area contributed by atoms with Gasteiger partial charge in [-0.15, -0.1) is 0 Å². The third-order valence-electron chi connectivity index (χ3n) is 8.17. The fourth-order valence-electron chi connectivity index (χ4n) is 6.11. The quantitative estimate of drug-likeness (QED) is 0.486. The number of benzene rings is 1. The van der Waals surface area contributed by atoms with Gasteiger partial charge in [0.1, 0.15) is 12.6 Å². The van der Waals surface area contributed by atoms with E-state index in [2.05, 4.69) is 39.5 Å². The number of fused-ring (bicyclic) bond motifs is 1. The first kappa shape index (κ1) is 30.3. The van der Waals surface area contributed by atoms with Gasteiger partial charge in [0.2, 0.25) is 5.91 Å². The average Bonchev–Trinajstić information content (AvgIpc) is 2.89. The molecule has 1 aromatic carbocycles. The summed E-state index contributed by atoms with van der Waals surface area (Å²) >= 11 is 0. The van der Waals surface area contributed by atoms with Crippen molar-refractivity contribution in [2.75, 3.05) is 19.6 Å². The lowest BCUT2D eigenvalue weighted by Gasteiger charge is -2.55. The molecule has 0 aliphatic carbocycles. The third-order valence-corrected chi connectivity index (χ3v) is 8.17. The molecule has 0 radical (unpaired) electrons. The summed E-state index contributed by atoms with van der Waals surface area (Å²) in [6.07, 6.45) is 0.432. The molecule has 3 heterocycles. The predicted octanol–water partition coefficient (Wildman–Crippen LogP) is 4.66. The predicted molar refractivity (Wildman–Crippen MR) is 153 cm³/mol. The number of hydroxylamine groups is 2. The minimum atomic E-state index is -0.850. The van der Waals surface area contributed by atoms with Crippen LogP contribution in [-0.2, 0) is 25.8 Å². The molecule has 3 fully saturated rings. The van der Waals surface area contributed by atoms with E-state index in [0.717, 1.165) is 31.5 Å². The van der Waals surface area contributed by atoms with Crippen molar-refractivity contribution in [2.45, 2.75) is 111 Å². The van der Waals surface area contributed by atoms with E-state index < -0.39 is 24.4 Å². The van der Waals surface area contributed by atoms with E-state index >= 15 is 0 Å². The molecule has 0 aromatic heterocycles. The molecular formula is C31H48N4O5. The highest BCUT2D eigenvalue weighted by Gasteiger charge is 2.55. The van der Waals surface area contributed by atoms with Gasteiger partial charge in [0.25, 0.3) is 5.91 Å². The summed E-state index contributed by atoms with van der Waals surface area (Å²) in [4.78, 5) is 53.8. The number of hydrogen-bond donors (Lipinski definition) is 0. The summed E-state index contributed by atoms with van der Waals surface area (Å²) in [6.45, 7) is 16.8. The first-order valence-corrected chi connectivity index (χ1v) is 14.9. The summed E-state index contributed by atoms with van der Waals surface area (Å²) in [5.74, 6) is -0.0788. The Labute approximate surface area is 239 Å². The summed E-state index contributed by atoms with van der Waals surface area (Å²) in [7, 11) is 0. The van der Waals surface area contributed by atoms with Crippen molar-refractivity contribution in [3.63, 3.8) is 0 Å². The summed E-state index contributed by atoms with van der Waals surface area (Å²) in [6, 6.07) is 9.33. The molecule has 3 saturated heterocycles. The van der Waals surface area contributed by atoms with Gasteiger partial charge >= 0.3 is 6.09 Å². The Balaban J connectivity index is 1.64. The van der Waals surface area contributed by atoms with Gasteiger partial charge in [-0.3, -0.25) is 14.4 Å². The molecule has 0 spiro atoms. The lowest BCUT2D eigenvalue weighted by atomic mass is 9.84. The summed E-state index contributed by atoms with van der Waals surface area (Å²) in [5.41, 5.74) is 0.655. The Morgan fingerprint density at radius 3 is 2.25 bits per heavy atom. The standard InChI is InChI=1S/C31H48N4O5/c1-21(2)17-26-29(37)34-25(18-31(5,6)7)28(36)33(24-13-15-32(16-14-24)22(3)4)19-27(34)35(40-26)30(38)39-20-23-11-9-8-10-12-23/h8-12,21-22,24-27H,13-20H2,1-7H3/t25-,26+,27-/m0/s1. The molecule has 222 valence electrons. The van der Waals surface area contributed by atoms with Crippen molar-refractivity contribution in [2.24, 2.45) is 11.3 Å². The lowest BCUT2D eigenvalue weighted by Crippen LogP contribution is -2.75. The molecule has 3 atom stereocenters. The monoisotopic (exact) mass is 556 g/mol. The maximum absolute atomic E-state index is 14.2. The molecule has 3 aliphatic rings. The SMILES string of the molecule is CC(C)C[C@H]1ON(C(=O)OCc2ccccc2)[C@H]2CN(C3CCN(C(C)C)CC3)C(=O)[C@H](CC(C)(C)C)N2C1=O. The molecule has 3 aliphatic heterocycles. The summed E-state index contributed by atoms with van der Waals surface area (Å²) < 4.78 is 5.70. The number of carbonyl (C=O) groups excluding carboxylic acids is 3. The van der Waals surface area contributed by atoms with Crippen LogP contribution < -0.4 is 0 Å². The fourth-order valence-corrected chi connectivity index (χ4v) is 6.11. The van der Waals surface area contributed by atoms with Gasteiger partial charge in [-0.25, -0.2) is 4.79 Å². The van der Waals surface area contributed by atoms with E-state index in [-0.39, 0.29) is 42.3 Å². The van der Waals surface area contributed by atoms with Crippen molar-refractivity contribution >= 4 is 17.9 Å². The van der Waals surface area contributed by atoms with Gasteiger partial charge in [0.05, 0.1) is 6.54 Å². The number of nitrogens with zero attached hydrogens (tertiary/aromatic N) is 4. The third kappa shape index (κ3) is 6.97. The minimum Gasteiger partial charge on any atom is -0.443 e. The molecule has 40 heavy (non-hydrogen) atoms. The van der Waals surface area contributed by atoms with E-state index in [1.165, 1.54) is 5.06 Å². The highest BCUT2D eigenvalue weighted by atomic mass is 16.7.